The average Bonchev–Trinajstić information content (AvgIpc) is 2.66. The van der Waals surface area contributed by atoms with Crippen LogP contribution in [-0.4, -0.2) is 54.3 Å². The summed E-state index contributed by atoms with van der Waals surface area (Å²) < 4.78 is 5.28. The van der Waals surface area contributed by atoms with Gasteiger partial charge in [-0.15, -0.1) is 0 Å². The van der Waals surface area contributed by atoms with Crippen LogP contribution in [0.2, 0.25) is 0 Å². The van der Waals surface area contributed by atoms with Crippen molar-refractivity contribution >= 4 is 30.0 Å². The van der Waals surface area contributed by atoms with E-state index in [0.29, 0.717) is 32.2 Å². The molecule has 0 saturated heterocycles. The van der Waals surface area contributed by atoms with Crippen LogP contribution in [0.5, 0.6) is 0 Å². The Hall–Kier alpha value is -2.65. The molecular formula is C24H45N5O5. The number of hydrogen-bond acceptors (Lipinski definition) is 6. The van der Waals surface area contributed by atoms with E-state index in [2.05, 4.69) is 15.6 Å². The van der Waals surface area contributed by atoms with Crippen LogP contribution in [0.4, 0.5) is 4.79 Å². The van der Waals surface area contributed by atoms with E-state index in [4.69, 9.17) is 16.2 Å². The Balaban J connectivity index is 5.30. The lowest BCUT2D eigenvalue weighted by molar-refractivity contribution is -0.130. The lowest BCUT2D eigenvalue weighted by Gasteiger charge is -2.27. The van der Waals surface area contributed by atoms with Crippen molar-refractivity contribution < 1.29 is 23.9 Å². The molecule has 3 unspecified atom stereocenters. The van der Waals surface area contributed by atoms with Gasteiger partial charge in [-0.3, -0.25) is 14.6 Å². The first-order chi connectivity index (χ1) is 15.6. The summed E-state index contributed by atoms with van der Waals surface area (Å²) >= 11 is 0. The second-order valence-corrected chi connectivity index (χ2v) is 10.5. The van der Waals surface area contributed by atoms with Gasteiger partial charge in [-0.2, -0.15) is 0 Å². The minimum absolute atomic E-state index is 0.0112. The van der Waals surface area contributed by atoms with E-state index in [0.717, 1.165) is 6.29 Å². The van der Waals surface area contributed by atoms with E-state index >= 15 is 0 Å². The molecule has 0 aromatic heterocycles. The van der Waals surface area contributed by atoms with Crippen LogP contribution in [0.1, 0.15) is 80.6 Å². The van der Waals surface area contributed by atoms with E-state index in [1.54, 1.807) is 20.8 Å². The number of aliphatic imine (C=N–C) groups is 1. The Bertz CT molecular complexity index is 696. The SMILES string of the molecule is CC(C)CC(NC(=O)C(CC(C)C)NC(=O)OC(C)(C)C)C(=O)CC(C=O)CCCN=C(N)N. The molecule has 0 heterocycles. The molecule has 0 aliphatic rings. The largest absolute Gasteiger partial charge is 0.444 e. The fourth-order valence-electron chi connectivity index (χ4n) is 3.35. The molecule has 0 spiro atoms. The summed E-state index contributed by atoms with van der Waals surface area (Å²) in [6, 6.07) is -1.61. The van der Waals surface area contributed by atoms with Crippen molar-refractivity contribution in [2.75, 3.05) is 6.54 Å². The molecule has 0 radical (unpaired) electrons. The Morgan fingerprint density at radius 1 is 0.971 bits per heavy atom. The lowest BCUT2D eigenvalue weighted by Crippen LogP contribution is -2.53. The quantitative estimate of drug-likeness (QED) is 0.120. The summed E-state index contributed by atoms with van der Waals surface area (Å²) in [7, 11) is 0. The third-order valence-electron chi connectivity index (χ3n) is 4.81. The zero-order valence-electron chi connectivity index (χ0n) is 21.8. The fourth-order valence-corrected chi connectivity index (χ4v) is 3.35. The zero-order chi connectivity index (χ0) is 26.5. The summed E-state index contributed by atoms with van der Waals surface area (Å²) in [6.07, 6.45) is 1.91. The second-order valence-electron chi connectivity index (χ2n) is 10.5. The van der Waals surface area contributed by atoms with Crippen molar-refractivity contribution in [1.82, 2.24) is 10.6 Å². The minimum atomic E-state index is -0.848. The van der Waals surface area contributed by atoms with Gasteiger partial charge in [0.2, 0.25) is 5.91 Å². The van der Waals surface area contributed by atoms with Gasteiger partial charge in [0.1, 0.15) is 17.9 Å². The van der Waals surface area contributed by atoms with Crippen LogP contribution in [0, 0.1) is 17.8 Å². The van der Waals surface area contributed by atoms with Gasteiger partial charge < -0.3 is 31.6 Å². The third-order valence-corrected chi connectivity index (χ3v) is 4.81. The molecule has 3 atom stereocenters. The van der Waals surface area contributed by atoms with Crippen molar-refractivity contribution in [1.29, 1.82) is 0 Å². The molecular weight excluding hydrogens is 438 g/mol. The van der Waals surface area contributed by atoms with Crippen molar-refractivity contribution in [2.45, 2.75) is 98.3 Å². The van der Waals surface area contributed by atoms with Crippen molar-refractivity contribution in [3.05, 3.63) is 0 Å². The highest BCUT2D eigenvalue weighted by Gasteiger charge is 2.30. The van der Waals surface area contributed by atoms with Crippen LogP contribution in [0.3, 0.4) is 0 Å². The molecule has 0 saturated carbocycles. The number of nitrogens with zero attached hydrogens (tertiary/aromatic N) is 1. The first-order valence-corrected chi connectivity index (χ1v) is 12.0. The topological polar surface area (TPSA) is 166 Å². The molecule has 0 aliphatic heterocycles. The molecule has 2 amide bonds. The molecule has 0 aliphatic carbocycles. The number of aldehydes is 1. The monoisotopic (exact) mass is 483 g/mol. The normalized spacial score (nSPS) is 14.1. The van der Waals surface area contributed by atoms with Crippen molar-refractivity contribution in [3.8, 4) is 0 Å². The number of hydrogen-bond donors (Lipinski definition) is 4. The maximum Gasteiger partial charge on any atom is 0.408 e. The number of nitrogens with one attached hydrogen (secondary N) is 2. The number of carbonyl (C=O) groups is 4. The highest BCUT2D eigenvalue weighted by molar-refractivity contribution is 5.93. The fraction of sp³-hybridized carbons (Fsp3) is 0.792. The van der Waals surface area contributed by atoms with Gasteiger partial charge in [0, 0.05) is 18.9 Å². The minimum Gasteiger partial charge on any atom is -0.444 e. The lowest BCUT2D eigenvalue weighted by atomic mass is 9.91. The summed E-state index contributed by atoms with van der Waals surface area (Å²) in [5, 5.41) is 5.43. The van der Waals surface area contributed by atoms with Gasteiger partial charge in [0.05, 0.1) is 6.04 Å². The highest BCUT2D eigenvalue weighted by atomic mass is 16.6. The van der Waals surface area contributed by atoms with Crippen LogP contribution in [0.15, 0.2) is 4.99 Å². The number of nitrogens with two attached hydrogens (primary N) is 2. The first-order valence-electron chi connectivity index (χ1n) is 12.0. The predicted molar refractivity (Wildman–Crippen MR) is 133 cm³/mol. The highest BCUT2D eigenvalue weighted by Crippen LogP contribution is 2.16. The number of ether oxygens (including phenoxy) is 1. The molecule has 0 aromatic carbocycles. The van der Waals surface area contributed by atoms with Gasteiger partial charge in [0.15, 0.2) is 11.7 Å². The Morgan fingerprint density at radius 3 is 2.00 bits per heavy atom. The first kappa shape index (κ1) is 31.4. The molecule has 0 bridgehead atoms. The molecule has 196 valence electrons. The van der Waals surface area contributed by atoms with Crippen LogP contribution < -0.4 is 22.1 Å². The number of guanidine groups is 1. The maximum absolute atomic E-state index is 13.1. The number of ketones is 1. The van der Waals surface area contributed by atoms with E-state index in [1.807, 2.05) is 27.7 Å². The molecule has 10 nitrogen and oxygen atoms in total. The number of rotatable bonds is 15. The molecule has 0 fully saturated rings. The Morgan fingerprint density at radius 2 is 1.53 bits per heavy atom. The van der Waals surface area contributed by atoms with E-state index in [9.17, 15) is 19.2 Å². The van der Waals surface area contributed by atoms with Crippen LogP contribution in [0.25, 0.3) is 0 Å². The standard InChI is InChI=1S/C24H45N5O5/c1-15(2)11-18(20(31)13-17(14-30)9-8-10-27-22(25)26)28-21(32)19(12-16(3)4)29-23(33)34-24(5,6)7/h14-19H,8-13H2,1-7H3,(H,28,32)(H,29,33)(H4,25,26,27). The molecule has 0 aromatic rings. The summed E-state index contributed by atoms with van der Waals surface area (Å²) in [5.74, 6) is -0.924. The zero-order valence-corrected chi connectivity index (χ0v) is 21.8. The number of amides is 2. The summed E-state index contributed by atoms with van der Waals surface area (Å²) in [5.41, 5.74) is 9.89. The third kappa shape index (κ3) is 15.2. The Kier molecular flexibility index (Phi) is 14.1. The average molecular weight is 484 g/mol. The smallest absolute Gasteiger partial charge is 0.408 e. The van der Waals surface area contributed by atoms with Gasteiger partial charge in [-0.1, -0.05) is 27.7 Å². The predicted octanol–water partition coefficient (Wildman–Crippen LogP) is 2.28. The van der Waals surface area contributed by atoms with Crippen LogP contribution >= 0.6 is 0 Å². The summed E-state index contributed by atoms with van der Waals surface area (Å²) in [4.78, 5) is 53.7. The van der Waals surface area contributed by atoms with E-state index in [1.165, 1.54) is 0 Å². The van der Waals surface area contributed by atoms with Crippen molar-refractivity contribution in [3.63, 3.8) is 0 Å². The van der Waals surface area contributed by atoms with Crippen molar-refractivity contribution in [2.24, 2.45) is 34.2 Å². The molecule has 34 heavy (non-hydrogen) atoms. The number of alkyl carbamates (subject to hydrolysis) is 1. The molecule has 0 rings (SSSR count). The second kappa shape index (κ2) is 15.3. The Labute approximate surface area is 204 Å². The van der Waals surface area contributed by atoms with Gasteiger partial charge in [0.25, 0.3) is 0 Å². The summed E-state index contributed by atoms with van der Waals surface area (Å²) in [6.45, 7) is 13.4. The molecule has 6 N–H and O–H groups in total. The van der Waals surface area contributed by atoms with Gasteiger partial charge in [-0.25, -0.2) is 4.79 Å². The van der Waals surface area contributed by atoms with Gasteiger partial charge in [-0.05, 0) is 58.3 Å². The van der Waals surface area contributed by atoms with E-state index in [-0.39, 0.29) is 30.0 Å². The maximum atomic E-state index is 13.1. The number of Topliss-reactive ketones (excluding diaryl/α,β-unsaturated/α-hetero) is 1. The van der Waals surface area contributed by atoms with Gasteiger partial charge >= 0.3 is 6.09 Å². The van der Waals surface area contributed by atoms with E-state index < -0.39 is 35.6 Å². The van der Waals surface area contributed by atoms with Crippen LogP contribution in [-0.2, 0) is 19.1 Å². The number of carbonyl (C=O) groups excluding carboxylic acids is 4. The molecule has 10 heteroatoms.